The second kappa shape index (κ2) is 4.94. The molecular formula is C15H20N2O. The van der Waals surface area contributed by atoms with Crippen LogP contribution in [0.5, 0.6) is 0 Å². The SMILES string of the molecule is Cc1cccc(C(C)(O)CCc2cnn(C)c2)c1. The summed E-state index contributed by atoms with van der Waals surface area (Å²) >= 11 is 0. The molecule has 1 atom stereocenters. The van der Waals surface area contributed by atoms with Crippen molar-refractivity contribution in [1.82, 2.24) is 9.78 Å². The van der Waals surface area contributed by atoms with Gasteiger partial charge in [-0.25, -0.2) is 0 Å². The van der Waals surface area contributed by atoms with Crippen molar-refractivity contribution in [1.29, 1.82) is 0 Å². The number of benzene rings is 1. The van der Waals surface area contributed by atoms with Crippen molar-refractivity contribution in [3.63, 3.8) is 0 Å². The summed E-state index contributed by atoms with van der Waals surface area (Å²) in [6.07, 6.45) is 5.37. The number of hydrogen-bond donors (Lipinski definition) is 1. The van der Waals surface area contributed by atoms with Crippen LogP contribution in [-0.2, 0) is 19.1 Å². The highest BCUT2D eigenvalue weighted by Gasteiger charge is 2.22. The van der Waals surface area contributed by atoms with Gasteiger partial charge in [-0.1, -0.05) is 29.8 Å². The Kier molecular flexibility index (Phi) is 3.53. The summed E-state index contributed by atoms with van der Waals surface area (Å²) in [5, 5.41) is 14.7. The summed E-state index contributed by atoms with van der Waals surface area (Å²) in [5.74, 6) is 0. The van der Waals surface area contributed by atoms with E-state index in [1.165, 1.54) is 5.56 Å². The maximum Gasteiger partial charge on any atom is 0.0871 e. The molecule has 18 heavy (non-hydrogen) atoms. The average molecular weight is 244 g/mol. The zero-order chi connectivity index (χ0) is 13.2. The quantitative estimate of drug-likeness (QED) is 0.897. The van der Waals surface area contributed by atoms with Crippen LogP contribution in [0.2, 0.25) is 0 Å². The minimum atomic E-state index is -0.790. The van der Waals surface area contributed by atoms with E-state index in [0.717, 1.165) is 17.5 Å². The van der Waals surface area contributed by atoms with Crippen molar-refractivity contribution in [2.45, 2.75) is 32.3 Å². The third kappa shape index (κ3) is 2.99. The standard InChI is InChI=1S/C15H20N2O/c1-12-5-4-6-14(9-12)15(2,18)8-7-13-10-16-17(3)11-13/h4-6,9-11,18H,7-8H2,1-3H3. The van der Waals surface area contributed by atoms with Crippen molar-refractivity contribution in [2.75, 3.05) is 0 Å². The Morgan fingerprint density at radius 1 is 1.39 bits per heavy atom. The maximum atomic E-state index is 10.6. The summed E-state index contributed by atoms with van der Waals surface area (Å²) in [4.78, 5) is 0. The lowest BCUT2D eigenvalue weighted by Gasteiger charge is -2.24. The van der Waals surface area contributed by atoms with Crippen LogP contribution in [0.4, 0.5) is 0 Å². The number of aryl methyl sites for hydroxylation is 3. The Hall–Kier alpha value is -1.61. The zero-order valence-corrected chi connectivity index (χ0v) is 11.2. The lowest BCUT2D eigenvalue weighted by molar-refractivity contribution is 0.0480. The smallest absolute Gasteiger partial charge is 0.0871 e. The van der Waals surface area contributed by atoms with Crippen molar-refractivity contribution < 1.29 is 5.11 Å². The molecule has 1 unspecified atom stereocenters. The van der Waals surface area contributed by atoms with Crippen molar-refractivity contribution in [3.05, 3.63) is 53.3 Å². The minimum Gasteiger partial charge on any atom is -0.385 e. The molecule has 0 radical (unpaired) electrons. The van der Waals surface area contributed by atoms with Crippen LogP contribution in [0.1, 0.15) is 30.0 Å². The van der Waals surface area contributed by atoms with E-state index < -0.39 is 5.60 Å². The van der Waals surface area contributed by atoms with Crippen LogP contribution in [-0.4, -0.2) is 14.9 Å². The summed E-state index contributed by atoms with van der Waals surface area (Å²) in [6.45, 7) is 3.92. The average Bonchev–Trinajstić information content (AvgIpc) is 2.73. The lowest BCUT2D eigenvalue weighted by Crippen LogP contribution is -2.22. The van der Waals surface area contributed by atoms with E-state index in [4.69, 9.17) is 0 Å². The van der Waals surface area contributed by atoms with Gasteiger partial charge in [0.2, 0.25) is 0 Å². The van der Waals surface area contributed by atoms with Crippen molar-refractivity contribution in [2.24, 2.45) is 7.05 Å². The lowest BCUT2D eigenvalue weighted by atomic mass is 9.89. The Bertz CT molecular complexity index is 529. The molecule has 0 saturated carbocycles. The van der Waals surface area contributed by atoms with Crippen LogP contribution in [0.15, 0.2) is 36.7 Å². The second-order valence-electron chi connectivity index (χ2n) is 5.17. The second-order valence-corrected chi connectivity index (χ2v) is 5.17. The van der Waals surface area contributed by atoms with Gasteiger partial charge in [-0.15, -0.1) is 0 Å². The highest BCUT2D eigenvalue weighted by Crippen LogP contribution is 2.26. The van der Waals surface area contributed by atoms with Gasteiger partial charge in [-0.05, 0) is 37.8 Å². The van der Waals surface area contributed by atoms with Gasteiger partial charge in [-0.2, -0.15) is 5.10 Å². The Morgan fingerprint density at radius 2 is 2.17 bits per heavy atom. The summed E-state index contributed by atoms with van der Waals surface area (Å²) < 4.78 is 1.79. The third-order valence-electron chi connectivity index (χ3n) is 3.30. The van der Waals surface area contributed by atoms with Crippen LogP contribution in [0.25, 0.3) is 0 Å². The van der Waals surface area contributed by atoms with Crippen LogP contribution in [0.3, 0.4) is 0 Å². The largest absolute Gasteiger partial charge is 0.385 e. The van der Waals surface area contributed by atoms with Gasteiger partial charge < -0.3 is 5.11 Å². The van der Waals surface area contributed by atoms with E-state index >= 15 is 0 Å². The number of aromatic nitrogens is 2. The van der Waals surface area contributed by atoms with E-state index in [1.54, 1.807) is 4.68 Å². The molecule has 1 heterocycles. The van der Waals surface area contributed by atoms with Crippen molar-refractivity contribution in [3.8, 4) is 0 Å². The van der Waals surface area contributed by atoms with Crippen LogP contribution < -0.4 is 0 Å². The molecular weight excluding hydrogens is 224 g/mol. The number of aliphatic hydroxyl groups is 1. The van der Waals surface area contributed by atoms with Crippen LogP contribution in [0, 0.1) is 6.92 Å². The monoisotopic (exact) mass is 244 g/mol. The summed E-state index contributed by atoms with van der Waals surface area (Å²) in [6, 6.07) is 8.06. The molecule has 1 aromatic carbocycles. The summed E-state index contributed by atoms with van der Waals surface area (Å²) in [5.41, 5.74) is 2.52. The van der Waals surface area contributed by atoms with Crippen molar-refractivity contribution >= 4 is 0 Å². The van der Waals surface area contributed by atoms with Gasteiger partial charge >= 0.3 is 0 Å². The minimum absolute atomic E-state index is 0.697. The van der Waals surface area contributed by atoms with Gasteiger partial charge in [0.1, 0.15) is 0 Å². The van der Waals surface area contributed by atoms with E-state index in [0.29, 0.717) is 6.42 Å². The zero-order valence-electron chi connectivity index (χ0n) is 11.2. The molecule has 2 rings (SSSR count). The fourth-order valence-electron chi connectivity index (χ4n) is 2.11. The number of nitrogens with zero attached hydrogens (tertiary/aromatic N) is 2. The Balaban J connectivity index is 2.07. The first kappa shape index (κ1) is 12.8. The fourth-order valence-corrected chi connectivity index (χ4v) is 2.11. The normalized spacial score (nSPS) is 14.4. The topological polar surface area (TPSA) is 38.1 Å². The van der Waals surface area contributed by atoms with Crippen LogP contribution >= 0.6 is 0 Å². The van der Waals surface area contributed by atoms with Gasteiger partial charge in [0.05, 0.1) is 11.8 Å². The van der Waals surface area contributed by atoms with E-state index in [2.05, 4.69) is 5.10 Å². The molecule has 0 spiro atoms. The fraction of sp³-hybridized carbons (Fsp3) is 0.400. The van der Waals surface area contributed by atoms with Gasteiger partial charge in [-0.3, -0.25) is 4.68 Å². The maximum absolute atomic E-state index is 10.6. The molecule has 1 aromatic heterocycles. The first-order valence-corrected chi connectivity index (χ1v) is 6.24. The molecule has 96 valence electrons. The Labute approximate surface area is 108 Å². The predicted molar refractivity (Wildman–Crippen MR) is 72.3 cm³/mol. The molecule has 0 amide bonds. The molecule has 1 N–H and O–H groups in total. The van der Waals surface area contributed by atoms with E-state index in [1.807, 2.05) is 57.6 Å². The highest BCUT2D eigenvalue weighted by atomic mass is 16.3. The molecule has 0 saturated heterocycles. The summed E-state index contributed by atoms with van der Waals surface area (Å²) in [7, 11) is 1.90. The first-order valence-electron chi connectivity index (χ1n) is 6.24. The molecule has 3 heteroatoms. The van der Waals surface area contributed by atoms with Gasteiger partial charge in [0.15, 0.2) is 0 Å². The molecule has 0 fully saturated rings. The number of hydrogen-bond acceptors (Lipinski definition) is 2. The van der Waals surface area contributed by atoms with Gasteiger partial charge in [0.25, 0.3) is 0 Å². The van der Waals surface area contributed by atoms with Gasteiger partial charge in [0, 0.05) is 13.2 Å². The third-order valence-corrected chi connectivity index (χ3v) is 3.30. The molecule has 0 aliphatic rings. The molecule has 0 aliphatic carbocycles. The highest BCUT2D eigenvalue weighted by molar-refractivity contribution is 5.27. The molecule has 3 nitrogen and oxygen atoms in total. The predicted octanol–water partition coefficient (Wildman–Crippen LogP) is 2.57. The number of rotatable bonds is 4. The molecule has 0 aliphatic heterocycles. The first-order chi connectivity index (χ1) is 8.47. The van der Waals surface area contributed by atoms with E-state index in [9.17, 15) is 5.11 Å². The molecule has 0 bridgehead atoms. The van der Waals surface area contributed by atoms with E-state index in [-0.39, 0.29) is 0 Å². The molecule has 2 aromatic rings. The Morgan fingerprint density at radius 3 is 2.78 bits per heavy atom.